The van der Waals surface area contributed by atoms with Crippen molar-refractivity contribution in [3.05, 3.63) is 54.5 Å². The Bertz CT molecular complexity index is 757. The first kappa shape index (κ1) is 16.8. The summed E-state index contributed by atoms with van der Waals surface area (Å²) in [5.74, 6) is -1.52. The van der Waals surface area contributed by atoms with E-state index in [1.807, 2.05) is 0 Å². The van der Waals surface area contributed by atoms with Crippen molar-refractivity contribution in [1.82, 2.24) is 4.90 Å². The first-order valence-electron chi connectivity index (χ1n) is 7.93. The van der Waals surface area contributed by atoms with Gasteiger partial charge in [-0.15, -0.1) is 0 Å². The molecule has 1 N–H and O–H groups in total. The van der Waals surface area contributed by atoms with Crippen molar-refractivity contribution >= 4 is 23.5 Å². The fraction of sp³-hybridized carbons (Fsp3) is 0.278. The molecule has 1 unspecified atom stereocenters. The Morgan fingerprint density at radius 3 is 2.60 bits per heavy atom. The summed E-state index contributed by atoms with van der Waals surface area (Å²) in [5, 5.41) is 9.13. The Labute approximate surface area is 144 Å². The van der Waals surface area contributed by atoms with E-state index in [0.717, 1.165) is 0 Å². The summed E-state index contributed by atoms with van der Waals surface area (Å²) >= 11 is 0. The normalized spacial score (nSPS) is 16.9. The van der Waals surface area contributed by atoms with Crippen LogP contribution in [0.5, 0.6) is 0 Å². The quantitative estimate of drug-likeness (QED) is 0.863. The highest BCUT2D eigenvalue weighted by Crippen LogP contribution is 2.25. The molecule has 0 bridgehead atoms. The van der Waals surface area contributed by atoms with Gasteiger partial charge in [0.1, 0.15) is 12.3 Å². The van der Waals surface area contributed by atoms with E-state index >= 15 is 0 Å². The molecule has 0 aliphatic carbocycles. The molecule has 130 valence electrons. The molecule has 3 rings (SSSR count). The first-order chi connectivity index (χ1) is 12.0. The number of carbonyl (C=O) groups is 3. The minimum absolute atomic E-state index is 0.0719. The lowest BCUT2D eigenvalue weighted by molar-refractivity contribution is -0.137. The van der Waals surface area contributed by atoms with E-state index in [0.29, 0.717) is 18.0 Å². The van der Waals surface area contributed by atoms with Crippen LogP contribution in [0.1, 0.15) is 12.2 Å². The highest BCUT2D eigenvalue weighted by atomic mass is 16.4. The first-order valence-corrected chi connectivity index (χ1v) is 7.93. The van der Waals surface area contributed by atoms with Crippen LogP contribution >= 0.6 is 0 Å². The molecule has 1 aromatic heterocycles. The fourth-order valence-corrected chi connectivity index (χ4v) is 2.94. The van der Waals surface area contributed by atoms with Crippen molar-refractivity contribution in [3.8, 4) is 0 Å². The van der Waals surface area contributed by atoms with Crippen LogP contribution in [-0.2, 0) is 20.9 Å². The number of likely N-dealkylation sites (tertiary alicyclic amines) is 1. The van der Waals surface area contributed by atoms with Crippen molar-refractivity contribution in [3.63, 3.8) is 0 Å². The number of furan rings is 1. The Hall–Kier alpha value is -3.09. The van der Waals surface area contributed by atoms with Crippen LogP contribution in [0, 0.1) is 5.92 Å². The second-order valence-electron chi connectivity index (χ2n) is 5.91. The second-order valence-corrected chi connectivity index (χ2v) is 5.91. The summed E-state index contributed by atoms with van der Waals surface area (Å²) in [6, 6.07) is 12.1. The molecule has 2 aromatic rings. The van der Waals surface area contributed by atoms with E-state index in [9.17, 15) is 14.4 Å². The third-order valence-electron chi connectivity index (χ3n) is 4.12. The van der Waals surface area contributed by atoms with Gasteiger partial charge >= 0.3 is 5.97 Å². The molecule has 0 radical (unpaired) electrons. The summed E-state index contributed by atoms with van der Waals surface area (Å²) in [7, 11) is 0. The highest BCUT2D eigenvalue weighted by Gasteiger charge is 2.37. The fourth-order valence-electron chi connectivity index (χ4n) is 2.94. The van der Waals surface area contributed by atoms with Gasteiger partial charge in [-0.1, -0.05) is 18.2 Å². The Balaban J connectivity index is 1.74. The van der Waals surface area contributed by atoms with Crippen molar-refractivity contribution < 1.29 is 23.9 Å². The Kier molecular flexibility index (Phi) is 4.83. The summed E-state index contributed by atoms with van der Waals surface area (Å²) in [5.41, 5.74) is 0.506. The molecule has 1 aromatic carbocycles. The Morgan fingerprint density at radius 1 is 1.20 bits per heavy atom. The van der Waals surface area contributed by atoms with Gasteiger partial charge < -0.3 is 19.3 Å². The maximum atomic E-state index is 12.8. The van der Waals surface area contributed by atoms with E-state index < -0.39 is 18.4 Å². The van der Waals surface area contributed by atoms with E-state index in [2.05, 4.69) is 0 Å². The lowest BCUT2D eigenvalue weighted by Gasteiger charge is -2.24. The number of hydrogen-bond acceptors (Lipinski definition) is 4. The van der Waals surface area contributed by atoms with Crippen molar-refractivity contribution in [2.24, 2.45) is 5.92 Å². The van der Waals surface area contributed by atoms with Gasteiger partial charge in [-0.25, -0.2) is 0 Å². The molecule has 0 spiro atoms. The average molecular weight is 342 g/mol. The van der Waals surface area contributed by atoms with Crippen LogP contribution in [0.15, 0.2) is 53.1 Å². The van der Waals surface area contributed by atoms with Crippen molar-refractivity contribution in [1.29, 1.82) is 0 Å². The van der Waals surface area contributed by atoms with Crippen LogP contribution in [0.4, 0.5) is 5.69 Å². The van der Waals surface area contributed by atoms with Gasteiger partial charge in [0.2, 0.25) is 11.8 Å². The largest absolute Gasteiger partial charge is 0.480 e. The lowest BCUT2D eigenvalue weighted by atomic mass is 10.1. The van der Waals surface area contributed by atoms with Crippen LogP contribution in [0.3, 0.4) is 0 Å². The molecule has 2 heterocycles. The highest BCUT2D eigenvalue weighted by molar-refractivity contribution is 6.01. The number of para-hydroxylation sites is 1. The maximum Gasteiger partial charge on any atom is 0.323 e. The van der Waals surface area contributed by atoms with Crippen LogP contribution < -0.4 is 4.90 Å². The van der Waals surface area contributed by atoms with Crippen molar-refractivity contribution in [2.45, 2.75) is 13.0 Å². The number of rotatable bonds is 6. The molecule has 0 saturated carbocycles. The van der Waals surface area contributed by atoms with Crippen LogP contribution in [0.2, 0.25) is 0 Å². The minimum Gasteiger partial charge on any atom is -0.480 e. The van der Waals surface area contributed by atoms with Gasteiger partial charge in [0.15, 0.2) is 0 Å². The van der Waals surface area contributed by atoms with Gasteiger partial charge in [0, 0.05) is 18.7 Å². The number of amides is 2. The standard InChI is InChI=1S/C18H18N2O5/c21-16-9-13(10-19(16)11-15-7-4-8-25-15)18(24)20(12-17(22)23)14-5-2-1-3-6-14/h1-8,13H,9-12H2,(H,22,23). The van der Waals surface area contributed by atoms with Gasteiger partial charge in [-0.05, 0) is 24.3 Å². The maximum absolute atomic E-state index is 12.8. The zero-order valence-electron chi connectivity index (χ0n) is 13.5. The third kappa shape index (κ3) is 3.88. The molecule has 1 fully saturated rings. The lowest BCUT2D eigenvalue weighted by Crippen LogP contribution is -2.40. The number of anilines is 1. The Morgan fingerprint density at radius 2 is 1.96 bits per heavy atom. The average Bonchev–Trinajstić information content (AvgIpc) is 3.23. The van der Waals surface area contributed by atoms with E-state index in [4.69, 9.17) is 9.52 Å². The summed E-state index contributed by atoms with van der Waals surface area (Å²) in [6.07, 6.45) is 1.60. The molecule has 1 atom stereocenters. The van der Waals surface area contributed by atoms with E-state index in [-0.39, 0.29) is 24.8 Å². The number of carbonyl (C=O) groups excluding carboxylic acids is 2. The van der Waals surface area contributed by atoms with E-state index in [1.165, 1.54) is 11.2 Å². The number of nitrogens with zero attached hydrogens (tertiary/aromatic N) is 2. The zero-order valence-corrected chi connectivity index (χ0v) is 13.5. The second kappa shape index (κ2) is 7.21. The SMILES string of the molecule is O=C(O)CN(C(=O)C1CC(=O)N(Cc2ccco2)C1)c1ccccc1. The minimum atomic E-state index is -1.10. The molecule has 1 saturated heterocycles. The topological polar surface area (TPSA) is 91.1 Å². The van der Waals surface area contributed by atoms with Gasteiger partial charge in [0.25, 0.3) is 0 Å². The molecule has 1 aliphatic rings. The van der Waals surface area contributed by atoms with Crippen LogP contribution in [0.25, 0.3) is 0 Å². The van der Waals surface area contributed by atoms with Gasteiger partial charge in [0.05, 0.1) is 18.7 Å². The van der Waals surface area contributed by atoms with Crippen LogP contribution in [-0.4, -0.2) is 40.9 Å². The molecule has 2 amide bonds. The number of carboxylic acid groups (broad SMARTS) is 1. The van der Waals surface area contributed by atoms with Gasteiger partial charge in [-0.2, -0.15) is 0 Å². The molecular formula is C18H18N2O5. The monoisotopic (exact) mass is 342 g/mol. The molecule has 7 nitrogen and oxygen atoms in total. The smallest absolute Gasteiger partial charge is 0.323 e. The van der Waals surface area contributed by atoms with Gasteiger partial charge in [-0.3, -0.25) is 14.4 Å². The number of carboxylic acids is 1. The summed E-state index contributed by atoms with van der Waals surface area (Å²) in [4.78, 5) is 39.0. The molecule has 25 heavy (non-hydrogen) atoms. The third-order valence-corrected chi connectivity index (χ3v) is 4.12. The predicted octanol–water partition coefficient (Wildman–Crippen LogP) is 1.75. The summed E-state index contributed by atoms with van der Waals surface area (Å²) < 4.78 is 5.24. The predicted molar refractivity (Wildman–Crippen MR) is 88.7 cm³/mol. The molecule has 1 aliphatic heterocycles. The van der Waals surface area contributed by atoms with Crippen molar-refractivity contribution in [2.75, 3.05) is 18.0 Å². The summed E-state index contributed by atoms with van der Waals surface area (Å²) in [6.45, 7) is 0.118. The molecule has 7 heteroatoms. The zero-order chi connectivity index (χ0) is 17.8. The number of aliphatic carboxylic acids is 1. The number of benzene rings is 1. The molecular weight excluding hydrogens is 324 g/mol. The van der Waals surface area contributed by atoms with E-state index in [1.54, 1.807) is 47.4 Å². The number of hydrogen-bond donors (Lipinski definition) is 1.